The van der Waals surface area contributed by atoms with Crippen molar-refractivity contribution < 1.29 is 4.39 Å². The van der Waals surface area contributed by atoms with E-state index in [1.807, 2.05) is 6.07 Å². The molecule has 2 heterocycles. The first kappa shape index (κ1) is 16.9. The minimum atomic E-state index is -0.244. The summed E-state index contributed by atoms with van der Waals surface area (Å²) >= 11 is 0. The molecule has 4 rings (SSSR count). The number of halogens is 1. The van der Waals surface area contributed by atoms with E-state index in [-0.39, 0.29) is 5.82 Å². The molecule has 0 saturated carbocycles. The van der Waals surface area contributed by atoms with Crippen LogP contribution >= 0.6 is 0 Å². The predicted octanol–water partition coefficient (Wildman–Crippen LogP) is 4.45. The van der Waals surface area contributed by atoms with Gasteiger partial charge in [-0.25, -0.2) is 14.4 Å². The number of aromatic nitrogens is 3. The molecule has 5 heteroatoms. The molecule has 134 valence electrons. The second-order valence-corrected chi connectivity index (χ2v) is 7.29. The molecule has 0 bridgehead atoms. The van der Waals surface area contributed by atoms with Crippen molar-refractivity contribution in [2.45, 2.75) is 26.8 Å². The molecule has 4 aromatic rings. The monoisotopic (exact) mass is 350 g/mol. The highest BCUT2D eigenvalue weighted by Crippen LogP contribution is 2.30. The van der Waals surface area contributed by atoms with Gasteiger partial charge < -0.3 is 9.47 Å². The molecule has 0 atom stereocenters. The summed E-state index contributed by atoms with van der Waals surface area (Å²) in [5.74, 6) is -0.244. The van der Waals surface area contributed by atoms with Gasteiger partial charge in [-0.15, -0.1) is 0 Å². The minimum Gasteiger partial charge on any atom is -0.324 e. The normalized spacial score (nSPS) is 12.1. The van der Waals surface area contributed by atoms with Crippen LogP contribution in [0.5, 0.6) is 0 Å². The van der Waals surface area contributed by atoms with Crippen molar-refractivity contribution >= 4 is 33.1 Å². The van der Waals surface area contributed by atoms with E-state index < -0.39 is 0 Å². The molecule has 4 nitrogen and oxygen atoms in total. The van der Waals surface area contributed by atoms with Crippen molar-refractivity contribution in [2.24, 2.45) is 0 Å². The molecule has 2 aromatic heterocycles. The van der Waals surface area contributed by atoms with Crippen molar-refractivity contribution in [3.05, 3.63) is 47.3 Å². The molecule has 0 spiro atoms. The summed E-state index contributed by atoms with van der Waals surface area (Å²) in [7, 11) is 4.14. The fourth-order valence-electron chi connectivity index (χ4n) is 3.49. The van der Waals surface area contributed by atoms with Gasteiger partial charge in [-0.1, -0.05) is 0 Å². The molecule has 0 fully saturated rings. The van der Waals surface area contributed by atoms with Gasteiger partial charge in [0.15, 0.2) is 5.65 Å². The summed E-state index contributed by atoms with van der Waals surface area (Å²) in [4.78, 5) is 11.9. The number of aryl methyl sites for hydroxylation is 3. The van der Waals surface area contributed by atoms with Gasteiger partial charge in [-0.05, 0) is 82.4 Å². The van der Waals surface area contributed by atoms with E-state index >= 15 is 0 Å². The average molecular weight is 350 g/mol. The zero-order valence-electron chi connectivity index (χ0n) is 15.7. The zero-order valence-corrected chi connectivity index (χ0v) is 15.7. The number of hydrogen-bond acceptors (Lipinski definition) is 3. The van der Waals surface area contributed by atoms with Crippen LogP contribution in [-0.2, 0) is 6.54 Å². The van der Waals surface area contributed by atoms with Gasteiger partial charge in [0.1, 0.15) is 11.3 Å². The van der Waals surface area contributed by atoms with Crippen LogP contribution in [0, 0.1) is 19.7 Å². The number of nitrogens with zero attached hydrogens (tertiary/aromatic N) is 4. The van der Waals surface area contributed by atoms with E-state index in [1.54, 1.807) is 6.07 Å². The Labute approximate surface area is 152 Å². The van der Waals surface area contributed by atoms with Crippen LogP contribution in [0.3, 0.4) is 0 Å². The highest BCUT2D eigenvalue weighted by molar-refractivity contribution is 6.06. The van der Waals surface area contributed by atoms with Crippen molar-refractivity contribution in [3.63, 3.8) is 0 Å². The number of hydrogen-bond donors (Lipinski definition) is 0. The van der Waals surface area contributed by atoms with Gasteiger partial charge >= 0.3 is 0 Å². The summed E-state index contributed by atoms with van der Waals surface area (Å²) in [6.07, 6.45) is 0.996. The molecule has 0 aliphatic rings. The maximum absolute atomic E-state index is 13.9. The first-order chi connectivity index (χ1) is 12.4. The van der Waals surface area contributed by atoms with Crippen LogP contribution in [0.15, 0.2) is 30.3 Å². The molecular formula is C21H23FN4. The van der Waals surface area contributed by atoms with Crippen LogP contribution in [0.4, 0.5) is 4.39 Å². The fraction of sp³-hybridized carbons (Fsp3) is 0.333. The van der Waals surface area contributed by atoms with Crippen LogP contribution in [-0.4, -0.2) is 40.1 Å². The molecule has 0 saturated heterocycles. The Kier molecular flexibility index (Phi) is 4.11. The van der Waals surface area contributed by atoms with Crippen LogP contribution in [0.25, 0.3) is 33.1 Å². The number of benzene rings is 2. The van der Waals surface area contributed by atoms with Gasteiger partial charge in [-0.3, -0.25) is 0 Å². The summed E-state index contributed by atoms with van der Waals surface area (Å²) < 4.78 is 16.1. The summed E-state index contributed by atoms with van der Waals surface area (Å²) in [5.41, 5.74) is 6.73. The Morgan fingerprint density at radius 1 is 1.00 bits per heavy atom. The number of rotatable bonds is 4. The third-order valence-corrected chi connectivity index (χ3v) is 5.01. The highest BCUT2D eigenvalue weighted by atomic mass is 19.1. The molecule has 0 radical (unpaired) electrons. The molecule has 0 N–H and O–H groups in total. The lowest BCUT2D eigenvalue weighted by Gasteiger charge is -2.11. The lowest BCUT2D eigenvalue weighted by molar-refractivity contribution is 0.389. The van der Waals surface area contributed by atoms with E-state index in [0.717, 1.165) is 52.6 Å². The van der Waals surface area contributed by atoms with Crippen molar-refractivity contribution in [1.82, 2.24) is 19.4 Å². The van der Waals surface area contributed by atoms with Crippen molar-refractivity contribution in [3.8, 4) is 0 Å². The largest absolute Gasteiger partial charge is 0.324 e. The predicted molar refractivity (Wildman–Crippen MR) is 105 cm³/mol. The van der Waals surface area contributed by atoms with E-state index in [4.69, 9.17) is 9.97 Å². The SMILES string of the molecule is Cc1cc2nc3c4cc(F)ccc4n(CCCN(C)C)c3nc2cc1C. The average Bonchev–Trinajstić information content (AvgIpc) is 2.86. The van der Waals surface area contributed by atoms with Gasteiger partial charge in [0, 0.05) is 11.9 Å². The van der Waals surface area contributed by atoms with E-state index in [1.165, 1.54) is 17.2 Å². The van der Waals surface area contributed by atoms with Crippen LogP contribution in [0.2, 0.25) is 0 Å². The maximum atomic E-state index is 13.9. The molecule has 2 aromatic carbocycles. The summed E-state index contributed by atoms with van der Waals surface area (Å²) in [6, 6.07) is 9.06. The summed E-state index contributed by atoms with van der Waals surface area (Å²) in [5, 5.41) is 0.831. The first-order valence-electron chi connectivity index (χ1n) is 8.95. The third kappa shape index (κ3) is 2.82. The first-order valence-corrected chi connectivity index (χ1v) is 8.95. The Bertz CT molecular complexity index is 1130. The quantitative estimate of drug-likeness (QED) is 0.545. The maximum Gasteiger partial charge on any atom is 0.160 e. The van der Waals surface area contributed by atoms with Gasteiger partial charge in [0.2, 0.25) is 0 Å². The van der Waals surface area contributed by atoms with E-state index in [9.17, 15) is 4.39 Å². The standard InChI is InChI=1S/C21H23FN4/c1-13-10-17-18(11-14(13)2)24-21-20(23-17)16-12-15(22)6-7-19(16)26(21)9-5-8-25(3)4/h6-7,10-12H,5,8-9H2,1-4H3. The second kappa shape index (κ2) is 6.32. The zero-order chi connectivity index (χ0) is 18.4. The molecular weight excluding hydrogens is 327 g/mol. The number of fused-ring (bicyclic) bond motifs is 4. The van der Waals surface area contributed by atoms with Crippen LogP contribution < -0.4 is 0 Å². The van der Waals surface area contributed by atoms with E-state index in [2.05, 4.69) is 49.5 Å². The van der Waals surface area contributed by atoms with Crippen molar-refractivity contribution in [2.75, 3.05) is 20.6 Å². The van der Waals surface area contributed by atoms with E-state index in [0.29, 0.717) is 0 Å². The molecule has 0 unspecified atom stereocenters. The molecule has 0 aliphatic carbocycles. The Morgan fingerprint density at radius 2 is 1.69 bits per heavy atom. The smallest absolute Gasteiger partial charge is 0.160 e. The fourth-order valence-corrected chi connectivity index (χ4v) is 3.49. The lowest BCUT2D eigenvalue weighted by atomic mass is 10.1. The third-order valence-electron chi connectivity index (χ3n) is 5.01. The van der Waals surface area contributed by atoms with Gasteiger partial charge in [0.05, 0.1) is 16.6 Å². The molecule has 26 heavy (non-hydrogen) atoms. The minimum absolute atomic E-state index is 0.244. The summed E-state index contributed by atoms with van der Waals surface area (Å²) in [6.45, 7) is 5.98. The lowest BCUT2D eigenvalue weighted by Crippen LogP contribution is -2.15. The molecule has 0 aliphatic heterocycles. The van der Waals surface area contributed by atoms with Crippen molar-refractivity contribution in [1.29, 1.82) is 0 Å². The Morgan fingerprint density at radius 3 is 2.38 bits per heavy atom. The van der Waals surface area contributed by atoms with Gasteiger partial charge in [0.25, 0.3) is 0 Å². The Balaban J connectivity index is 1.99. The highest BCUT2D eigenvalue weighted by Gasteiger charge is 2.15. The Hall–Kier alpha value is -2.53. The second-order valence-electron chi connectivity index (χ2n) is 7.29. The molecule has 0 amide bonds. The van der Waals surface area contributed by atoms with Crippen LogP contribution in [0.1, 0.15) is 17.5 Å². The topological polar surface area (TPSA) is 34.0 Å². The van der Waals surface area contributed by atoms with Gasteiger partial charge in [-0.2, -0.15) is 0 Å².